The summed E-state index contributed by atoms with van der Waals surface area (Å²) in [6, 6.07) is 1.62. The number of hydrogen-bond acceptors (Lipinski definition) is 5. The molecule has 0 heterocycles. The van der Waals surface area contributed by atoms with Crippen LogP contribution in [-0.2, 0) is 0 Å². The van der Waals surface area contributed by atoms with E-state index in [2.05, 4.69) is 37.2 Å². The van der Waals surface area contributed by atoms with E-state index in [4.69, 9.17) is 5.11 Å². The molecular weight excluding hydrogens is 372 g/mol. The van der Waals surface area contributed by atoms with Gasteiger partial charge in [0.15, 0.2) is 0 Å². The smallest absolute Gasteiger partial charge is 0.299 e. The topological polar surface area (TPSA) is 95.6 Å². The van der Waals surface area contributed by atoms with Gasteiger partial charge in [0, 0.05) is 6.54 Å². The molecular formula is C10H12Br2N2O4. The normalized spacial score (nSPS) is 12.3. The predicted octanol–water partition coefficient (Wildman–Crippen LogP) is 2.19. The van der Waals surface area contributed by atoms with Gasteiger partial charge in [0.1, 0.15) is 4.47 Å². The third-order valence-corrected chi connectivity index (χ3v) is 3.68. The molecule has 6 nitrogen and oxygen atoms in total. The first kappa shape index (κ1) is 15.4. The second-order valence-corrected chi connectivity index (χ2v) is 5.33. The minimum Gasteiger partial charge on any atom is -0.394 e. The molecule has 0 aliphatic rings. The number of hydrogen-bond donors (Lipinski definition) is 3. The second kappa shape index (κ2) is 6.46. The van der Waals surface area contributed by atoms with Crippen molar-refractivity contribution in [1.29, 1.82) is 0 Å². The average molecular weight is 384 g/mol. The number of anilines is 1. The van der Waals surface area contributed by atoms with Crippen molar-refractivity contribution in [3.63, 3.8) is 0 Å². The molecule has 0 aliphatic heterocycles. The number of nitrogens with zero attached hydrogens (tertiary/aromatic N) is 1. The Labute approximate surface area is 120 Å². The van der Waals surface area contributed by atoms with Crippen molar-refractivity contribution < 1.29 is 15.1 Å². The summed E-state index contributed by atoms with van der Waals surface area (Å²) in [5.74, 6) is 0. The summed E-state index contributed by atoms with van der Waals surface area (Å²) in [6.07, 6.45) is -0.918. The van der Waals surface area contributed by atoms with Gasteiger partial charge in [-0.05, 0) is 50.4 Å². The molecule has 1 aromatic rings. The van der Waals surface area contributed by atoms with Crippen LogP contribution in [0.1, 0.15) is 5.56 Å². The summed E-state index contributed by atoms with van der Waals surface area (Å²) < 4.78 is 0.689. The molecule has 1 aromatic carbocycles. The van der Waals surface area contributed by atoms with Crippen LogP contribution in [-0.4, -0.2) is 34.4 Å². The Balaban J connectivity index is 3.11. The average Bonchev–Trinajstić information content (AvgIpc) is 2.27. The molecule has 8 heteroatoms. The van der Waals surface area contributed by atoms with Crippen LogP contribution in [0.15, 0.2) is 15.0 Å². The molecule has 0 saturated carbocycles. The Morgan fingerprint density at radius 3 is 2.67 bits per heavy atom. The fourth-order valence-electron chi connectivity index (χ4n) is 1.40. The maximum absolute atomic E-state index is 10.9. The zero-order valence-electron chi connectivity index (χ0n) is 9.48. The molecule has 0 saturated heterocycles. The van der Waals surface area contributed by atoms with Gasteiger partial charge in [-0.1, -0.05) is 0 Å². The molecule has 0 aromatic heterocycles. The molecule has 100 valence electrons. The lowest BCUT2D eigenvalue weighted by atomic mass is 10.1. The zero-order valence-corrected chi connectivity index (χ0v) is 12.7. The highest BCUT2D eigenvalue weighted by Crippen LogP contribution is 2.40. The highest BCUT2D eigenvalue weighted by molar-refractivity contribution is 9.11. The minimum absolute atomic E-state index is 0.0819. The lowest BCUT2D eigenvalue weighted by molar-refractivity contribution is -0.386. The van der Waals surface area contributed by atoms with Crippen LogP contribution < -0.4 is 5.32 Å². The van der Waals surface area contributed by atoms with Crippen LogP contribution in [0.4, 0.5) is 11.4 Å². The third-order valence-electron chi connectivity index (χ3n) is 2.30. The Morgan fingerprint density at radius 2 is 2.17 bits per heavy atom. The van der Waals surface area contributed by atoms with Gasteiger partial charge in [-0.2, -0.15) is 0 Å². The maximum Gasteiger partial charge on any atom is 0.299 e. The van der Waals surface area contributed by atoms with E-state index in [1.165, 1.54) is 0 Å². The Morgan fingerprint density at radius 1 is 1.56 bits per heavy atom. The van der Waals surface area contributed by atoms with Gasteiger partial charge >= 0.3 is 0 Å². The fourth-order valence-corrected chi connectivity index (χ4v) is 3.16. The van der Waals surface area contributed by atoms with Crippen LogP contribution in [0.5, 0.6) is 0 Å². The molecule has 3 N–H and O–H groups in total. The first-order valence-corrected chi connectivity index (χ1v) is 6.62. The number of nitrogens with one attached hydrogen (secondary N) is 1. The molecule has 0 bridgehead atoms. The first-order chi connectivity index (χ1) is 8.38. The summed E-state index contributed by atoms with van der Waals surface area (Å²) in [5.41, 5.74) is 1.23. The Kier molecular flexibility index (Phi) is 5.51. The summed E-state index contributed by atoms with van der Waals surface area (Å²) in [7, 11) is 0. The van der Waals surface area contributed by atoms with Gasteiger partial charge in [-0.3, -0.25) is 10.1 Å². The monoisotopic (exact) mass is 382 g/mol. The zero-order chi connectivity index (χ0) is 13.9. The molecule has 0 radical (unpaired) electrons. The van der Waals surface area contributed by atoms with E-state index in [0.29, 0.717) is 14.6 Å². The van der Waals surface area contributed by atoms with Crippen molar-refractivity contribution in [3.8, 4) is 0 Å². The van der Waals surface area contributed by atoms with Crippen LogP contribution >= 0.6 is 31.9 Å². The number of nitro benzene ring substituents is 1. The number of halogens is 2. The summed E-state index contributed by atoms with van der Waals surface area (Å²) in [4.78, 5) is 10.4. The molecule has 0 spiro atoms. The number of nitro groups is 1. The van der Waals surface area contributed by atoms with Gasteiger partial charge in [-0.15, -0.1) is 0 Å². The van der Waals surface area contributed by atoms with Crippen molar-refractivity contribution in [2.75, 3.05) is 18.5 Å². The van der Waals surface area contributed by atoms with Gasteiger partial charge < -0.3 is 15.5 Å². The molecule has 0 amide bonds. The highest BCUT2D eigenvalue weighted by Gasteiger charge is 2.22. The van der Waals surface area contributed by atoms with Gasteiger partial charge in [0.05, 0.1) is 27.8 Å². The number of aliphatic hydroxyl groups is 2. The van der Waals surface area contributed by atoms with E-state index in [1.807, 2.05) is 0 Å². The SMILES string of the molecule is Cc1cc(Br)c([N+](=O)[O-])c(Br)c1NCC(O)CO. The third kappa shape index (κ3) is 3.41. The number of aryl methyl sites for hydroxylation is 1. The lowest BCUT2D eigenvalue weighted by Crippen LogP contribution is -2.23. The maximum atomic E-state index is 10.9. The van der Waals surface area contributed by atoms with Crippen LogP contribution in [0.3, 0.4) is 0 Å². The van der Waals surface area contributed by atoms with E-state index in [9.17, 15) is 15.2 Å². The molecule has 0 fully saturated rings. The number of rotatable bonds is 5. The predicted molar refractivity (Wildman–Crippen MR) is 74.8 cm³/mol. The second-order valence-electron chi connectivity index (χ2n) is 3.69. The van der Waals surface area contributed by atoms with Crippen LogP contribution in [0, 0.1) is 17.0 Å². The molecule has 1 atom stereocenters. The number of aliphatic hydroxyl groups excluding tert-OH is 2. The van der Waals surface area contributed by atoms with Crippen molar-refractivity contribution in [1.82, 2.24) is 0 Å². The van der Waals surface area contributed by atoms with Gasteiger partial charge in [-0.25, -0.2) is 0 Å². The van der Waals surface area contributed by atoms with E-state index >= 15 is 0 Å². The molecule has 18 heavy (non-hydrogen) atoms. The lowest BCUT2D eigenvalue weighted by Gasteiger charge is -2.15. The summed E-state index contributed by atoms with van der Waals surface area (Å²) in [6.45, 7) is 1.52. The highest BCUT2D eigenvalue weighted by atomic mass is 79.9. The number of benzene rings is 1. The molecule has 0 aliphatic carbocycles. The molecule has 1 unspecified atom stereocenters. The van der Waals surface area contributed by atoms with E-state index < -0.39 is 11.0 Å². The van der Waals surface area contributed by atoms with Crippen molar-refractivity contribution in [3.05, 3.63) is 30.7 Å². The summed E-state index contributed by atoms with van der Waals surface area (Å²) in [5, 5.41) is 31.8. The Bertz CT molecular complexity index is 468. The molecule has 1 rings (SSSR count). The largest absolute Gasteiger partial charge is 0.394 e. The summed E-state index contributed by atoms with van der Waals surface area (Å²) >= 11 is 6.31. The van der Waals surface area contributed by atoms with Crippen molar-refractivity contribution >= 4 is 43.2 Å². The quantitative estimate of drug-likeness (QED) is 0.535. The van der Waals surface area contributed by atoms with E-state index in [-0.39, 0.29) is 18.8 Å². The van der Waals surface area contributed by atoms with E-state index in [1.54, 1.807) is 13.0 Å². The minimum atomic E-state index is -0.918. The van der Waals surface area contributed by atoms with E-state index in [0.717, 1.165) is 5.56 Å². The van der Waals surface area contributed by atoms with Crippen molar-refractivity contribution in [2.24, 2.45) is 0 Å². The van der Waals surface area contributed by atoms with Crippen LogP contribution in [0.2, 0.25) is 0 Å². The first-order valence-electron chi connectivity index (χ1n) is 5.04. The van der Waals surface area contributed by atoms with Crippen LogP contribution in [0.25, 0.3) is 0 Å². The standard InChI is InChI=1S/C10H12Br2N2O4/c1-5-2-7(11)10(14(17)18)8(12)9(5)13-3-6(16)4-15/h2,6,13,15-16H,3-4H2,1H3. The fraction of sp³-hybridized carbons (Fsp3) is 0.400. The van der Waals surface area contributed by atoms with Gasteiger partial charge in [0.2, 0.25) is 0 Å². The van der Waals surface area contributed by atoms with Crippen molar-refractivity contribution in [2.45, 2.75) is 13.0 Å². The van der Waals surface area contributed by atoms with Gasteiger partial charge in [0.25, 0.3) is 5.69 Å². The Hall–Kier alpha value is -0.700.